The summed E-state index contributed by atoms with van der Waals surface area (Å²) in [6, 6.07) is 3.74. The fraction of sp³-hybridized carbons (Fsp3) is 0.577. The Labute approximate surface area is 215 Å². The third kappa shape index (κ3) is 4.84. The smallest absolute Gasteiger partial charge is 0.368 e. The molecular formula is C26H34FN9O. The van der Waals surface area contributed by atoms with Crippen LogP contribution in [0.3, 0.4) is 0 Å². The highest BCUT2D eigenvalue weighted by Gasteiger charge is 2.33. The molecule has 0 bridgehead atoms. The molecule has 2 saturated heterocycles. The van der Waals surface area contributed by atoms with Crippen molar-refractivity contribution in [3.8, 4) is 5.69 Å². The molecule has 0 radical (unpaired) electrons. The maximum atomic E-state index is 15.2. The van der Waals surface area contributed by atoms with Gasteiger partial charge >= 0.3 is 5.69 Å². The summed E-state index contributed by atoms with van der Waals surface area (Å²) in [6.07, 6.45) is 10.0. The summed E-state index contributed by atoms with van der Waals surface area (Å²) in [5.74, 6) is 1.46. The average molecular weight is 508 g/mol. The lowest BCUT2D eigenvalue weighted by Gasteiger charge is -2.44. The molecule has 2 atom stereocenters. The highest BCUT2D eigenvalue weighted by molar-refractivity contribution is 5.63. The average Bonchev–Trinajstić information content (AvgIpc) is 3.70. The zero-order valence-electron chi connectivity index (χ0n) is 21.5. The predicted molar refractivity (Wildman–Crippen MR) is 139 cm³/mol. The summed E-state index contributed by atoms with van der Waals surface area (Å²) >= 11 is 0. The van der Waals surface area contributed by atoms with E-state index in [0.717, 1.165) is 41.0 Å². The lowest BCUT2D eigenvalue weighted by Crippen LogP contribution is -2.49. The first-order chi connectivity index (χ1) is 18.0. The van der Waals surface area contributed by atoms with Crippen LogP contribution >= 0.6 is 0 Å². The molecule has 2 N–H and O–H groups in total. The summed E-state index contributed by atoms with van der Waals surface area (Å²) in [4.78, 5) is 24.3. The fourth-order valence-electron chi connectivity index (χ4n) is 5.89. The van der Waals surface area contributed by atoms with E-state index in [4.69, 9.17) is 0 Å². The fourth-order valence-corrected chi connectivity index (χ4v) is 5.89. The Morgan fingerprint density at radius 2 is 1.92 bits per heavy atom. The Kier molecular flexibility index (Phi) is 6.39. The number of nitrogens with zero attached hydrogens (tertiary/aromatic N) is 7. The first-order valence-corrected chi connectivity index (χ1v) is 13.4. The molecule has 37 heavy (non-hydrogen) atoms. The predicted octanol–water partition coefficient (Wildman–Crippen LogP) is 3.50. The van der Waals surface area contributed by atoms with Gasteiger partial charge in [-0.15, -0.1) is 0 Å². The molecule has 4 heterocycles. The Balaban J connectivity index is 1.23. The molecule has 6 rings (SSSR count). The van der Waals surface area contributed by atoms with E-state index in [1.165, 1.54) is 55.9 Å². The number of anilines is 3. The largest absolute Gasteiger partial charge is 0.369 e. The van der Waals surface area contributed by atoms with Crippen molar-refractivity contribution in [1.82, 2.24) is 34.7 Å². The van der Waals surface area contributed by atoms with Gasteiger partial charge in [0.1, 0.15) is 11.6 Å². The van der Waals surface area contributed by atoms with Crippen LogP contribution in [-0.4, -0.2) is 60.3 Å². The molecule has 196 valence electrons. The SMILES string of the molecule is Cc1cnc(Nc2cc(-n3nnn(C)c3=O)c(C3CC3)cc2F)nc1NCC1CCCN2CCCCC12. The number of benzene rings is 1. The number of hydrogen-bond donors (Lipinski definition) is 2. The monoisotopic (exact) mass is 507 g/mol. The van der Waals surface area contributed by atoms with Crippen molar-refractivity contribution < 1.29 is 4.39 Å². The Morgan fingerprint density at radius 1 is 1.08 bits per heavy atom. The van der Waals surface area contributed by atoms with E-state index in [-0.39, 0.29) is 17.3 Å². The van der Waals surface area contributed by atoms with Crippen LogP contribution in [0.25, 0.3) is 5.69 Å². The van der Waals surface area contributed by atoms with E-state index in [2.05, 4.69) is 35.9 Å². The number of fused-ring (bicyclic) bond motifs is 1. The molecule has 2 unspecified atom stereocenters. The summed E-state index contributed by atoms with van der Waals surface area (Å²) in [6.45, 7) is 5.28. The zero-order valence-corrected chi connectivity index (χ0v) is 21.5. The molecule has 2 aliphatic heterocycles. The van der Waals surface area contributed by atoms with Crippen molar-refractivity contribution in [2.45, 2.75) is 63.8 Å². The highest BCUT2D eigenvalue weighted by atomic mass is 19.1. The van der Waals surface area contributed by atoms with Crippen molar-refractivity contribution in [1.29, 1.82) is 0 Å². The van der Waals surface area contributed by atoms with Crippen molar-refractivity contribution in [3.05, 3.63) is 45.8 Å². The van der Waals surface area contributed by atoms with Crippen molar-refractivity contribution >= 4 is 17.5 Å². The molecule has 0 amide bonds. The minimum atomic E-state index is -0.416. The van der Waals surface area contributed by atoms with Gasteiger partial charge in [-0.2, -0.15) is 14.3 Å². The second-order valence-electron chi connectivity index (χ2n) is 10.7. The molecule has 3 aliphatic rings. The van der Waals surface area contributed by atoms with Crippen molar-refractivity contribution in [3.63, 3.8) is 0 Å². The van der Waals surface area contributed by atoms with Gasteiger partial charge in [-0.1, -0.05) is 6.42 Å². The van der Waals surface area contributed by atoms with Gasteiger partial charge in [-0.3, -0.25) is 0 Å². The number of hydrogen-bond acceptors (Lipinski definition) is 8. The van der Waals surface area contributed by atoms with E-state index in [0.29, 0.717) is 23.6 Å². The van der Waals surface area contributed by atoms with Crippen molar-refractivity contribution in [2.75, 3.05) is 30.3 Å². The normalized spacial score (nSPS) is 22.0. The first-order valence-electron chi connectivity index (χ1n) is 13.4. The topological polar surface area (TPSA) is 106 Å². The van der Waals surface area contributed by atoms with Crippen LogP contribution in [0.5, 0.6) is 0 Å². The van der Waals surface area contributed by atoms with Crippen LogP contribution < -0.4 is 16.3 Å². The highest BCUT2D eigenvalue weighted by Crippen LogP contribution is 2.44. The van der Waals surface area contributed by atoms with Gasteiger partial charge in [0.2, 0.25) is 5.95 Å². The second kappa shape index (κ2) is 9.85. The number of halogens is 1. The maximum Gasteiger partial charge on any atom is 0.368 e. The number of aromatic nitrogens is 6. The van der Waals surface area contributed by atoms with Crippen LogP contribution in [0.4, 0.5) is 21.8 Å². The van der Waals surface area contributed by atoms with Gasteiger partial charge < -0.3 is 15.5 Å². The third-order valence-electron chi connectivity index (χ3n) is 8.06. The molecule has 3 fully saturated rings. The summed E-state index contributed by atoms with van der Waals surface area (Å²) in [7, 11) is 1.54. The lowest BCUT2D eigenvalue weighted by molar-refractivity contribution is 0.0649. The van der Waals surface area contributed by atoms with E-state index >= 15 is 4.39 Å². The van der Waals surface area contributed by atoms with E-state index < -0.39 is 5.82 Å². The molecule has 1 aliphatic carbocycles. The third-order valence-corrected chi connectivity index (χ3v) is 8.06. The summed E-state index contributed by atoms with van der Waals surface area (Å²) in [5, 5.41) is 14.4. The first kappa shape index (κ1) is 24.0. The van der Waals surface area contributed by atoms with Crippen molar-refractivity contribution in [2.24, 2.45) is 13.0 Å². The van der Waals surface area contributed by atoms with Gasteiger partial charge in [0.25, 0.3) is 0 Å². The quantitative estimate of drug-likeness (QED) is 0.501. The minimum absolute atomic E-state index is 0.192. The van der Waals surface area contributed by atoms with Crippen LogP contribution in [-0.2, 0) is 7.05 Å². The molecule has 11 heteroatoms. The second-order valence-corrected chi connectivity index (χ2v) is 10.7. The van der Waals surface area contributed by atoms with E-state index in [1.54, 1.807) is 19.3 Å². The number of nitrogens with one attached hydrogen (secondary N) is 2. The van der Waals surface area contributed by atoms with Crippen LogP contribution in [0.1, 0.15) is 62.0 Å². The minimum Gasteiger partial charge on any atom is -0.369 e. The standard InChI is InChI=1S/C26H34FN9O/c1-16-14-29-25(31-24(16)28-15-18-6-5-11-35-10-4-3-7-22(18)35)30-21-13-23(36-26(37)34(2)32-33-36)19(12-20(21)27)17-8-9-17/h12-14,17-18,22H,3-11,15H2,1-2H3,(H2,28,29,30,31). The van der Waals surface area contributed by atoms with Gasteiger partial charge in [-0.25, -0.2) is 14.2 Å². The van der Waals surface area contributed by atoms with E-state index in [9.17, 15) is 4.79 Å². The lowest BCUT2D eigenvalue weighted by atomic mass is 9.83. The molecule has 2 aromatic heterocycles. The summed E-state index contributed by atoms with van der Waals surface area (Å²) < 4.78 is 17.6. The molecule has 10 nitrogen and oxygen atoms in total. The Hall–Kier alpha value is -3.34. The molecule has 1 aromatic carbocycles. The molecular weight excluding hydrogens is 473 g/mol. The summed E-state index contributed by atoms with van der Waals surface area (Å²) in [5.41, 5.74) is 2.05. The molecule has 0 spiro atoms. The number of aryl methyl sites for hydroxylation is 2. The Bertz CT molecular complexity index is 1350. The van der Waals surface area contributed by atoms with E-state index in [1.807, 2.05) is 6.92 Å². The molecule has 3 aromatic rings. The number of tetrazole rings is 1. The van der Waals surface area contributed by atoms with Gasteiger partial charge in [0.15, 0.2) is 0 Å². The van der Waals surface area contributed by atoms with Crippen LogP contribution in [0.15, 0.2) is 23.1 Å². The van der Waals surface area contributed by atoms with Gasteiger partial charge in [0.05, 0.1) is 11.4 Å². The Morgan fingerprint density at radius 3 is 2.70 bits per heavy atom. The zero-order chi connectivity index (χ0) is 25.5. The van der Waals surface area contributed by atoms with Crippen LogP contribution in [0, 0.1) is 18.7 Å². The maximum absolute atomic E-state index is 15.2. The van der Waals surface area contributed by atoms with Gasteiger partial charge in [-0.05, 0) is 98.5 Å². The number of rotatable bonds is 7. The number of piperidine rings is 2. The van der Waals surface area contributed by atoms with Crippen LogP contribution in [0.2, 0.25) is 0 Å². The van der Waals surface area contributed by atoms with Gasteiger partial charge in [0, 0.05) is 31.4 Å². The molecule has 1 saturated carbocycles.